The lowest BCUT2D eigenvalue weighted by Crippen LogP contribution is -2.48. The van der Waals surface area contributed by atoms with Gasteiger partial charge in [0.15, 0.2) is 0 Å². The molecule has 5 nitrogen and oxygen atoms in total. The summed E-state index contributed by atoms with van der Waals surface area (Å²) in [5.41, 5.74) is 11.5. The average Bonchev–Trinajstić information content (AvgIpc) is 2.86. The van der Waals surface area contributed by atoms with Crippen molar-refractivity contribution >= 4 is 11.6 Å². The van der Waals surface area contributed by atoms with Crippen LogP contribution in [0.25, 0.3) is 0 Å². The highest BCUT2D eigenvalue weighted by Gasteiger charge is 2.36. The Morgan fingerprint density at radius 2 is 1.89 bits per heavy atom. The smallest absolute Gasteiger partial charge is 0.244 e. The number of anilines is 1. The van der Waals surface area contributed by atoms with Crippen LogP contribution in [0.1, 0.15) is 25.7 Å². The van der Waals surface area contributed by atoms with Crippen LogP contribution < -0.4 is 21.5 Å². The highest BCUT2D eigenvalue weighted by atomic mass is 16.5. The van der Waals surface area contributed by atoms with Crippen molar-refractivity contribution < 1.29 is 9.53 Å². The molecule has 104 valence electrons. The number of hydrogen-bond donors (Lipinski definition) is 3. The summed E-state index contributed by atoms with van der Waals surface area (Å²) < 4.78 is 5.37. The Morgan fingerprint density at radius 1 is 1.26 bits per heavy atom. The molecule has 0 spiro atoms. The van der Waals surface area contributed by atoms with Gasteiger partial charge in [-0.3, -0.25) is 4.79 Å². The first-order chi connectivity index (χ1) is 9.14. The van der Waals surface area contributed by atoms with Gasteiger partial charge in [-0.2, -0.15) is 0 Å². The van der Waals surface area contributed by atoms with Gasteiger partial charge in [0.05, 0.1) is 5.54 Å². The average molecular weight is 263 g/mol. The van der Waals surface area contributed by atoms with Crippen LogP contribution in [-0.4, -0.2) is 24.6 Å². The summed E-state index contributed by atoms with van der Waals surface area (Å²) in [6, 6.07) is 7.23. The SMILES string of the molecule is NCCOc1ccc(NC(=O)C2(N)CCCC2)cc1. The predicted molar refractivity (Wildman–Crippen MR) is 75.0 cm³/mol. The minimum atomic E-state index is -0.700. The zero-order valence-corrected chi connectivity index (χ0v) is 11.0. The van der Waals surface area contributed by atoms with E-state index >= 15 is 0 Å². The van der Waals surface area contributed by atoms with E-state index < -0.39 is 5.54 Å². The highest BCUT2D eigenvalue weighted by Crippen LogP contribution is 2.28. The number of amides is 1. The van der Waals surface area contributed by atoms with Crippen molar-refractivity contribution in [3.8, 4) is 5.75 Å². The quantitative estimate of drug-likeness (QED) is 0.745. The fourth-order valence-corrected chi connectivity index (χ4v) is 2.30. The Labute approximate surface area is 113 Å². The van der Waals surface area contributed by atoms with Crippen LogP contribution in [-0.2, 0) is 4.79 Å². The van der Waals surface area contributed by atoms with Gasteiger partial charge in [-0.25, -0.2) is 0 Å². The van der Waals surface area contributed by atoms with Gasteiger partial charge in [-0.15, -0.1) is 0 Å². The molecule has 1 amide bonds. The maximum atomic E-state index is 12.1. The van der Waals surface area contributed by atoms with E-state index in [1.54, 1.807) is 0 Å². The van der Waals surface area contributed by atoms with Crippen LogP contribution in [0.2, 0.25) is 0 Å². The molecule has 1 saturated carbocycles. The van der Waals surface area contributed by atoms with Gasteiger partial charge in [0.25, 0.3) is 0 Å². The largest absolute Gasteiger partial charge is 0.492 e. The lowest BCUT2D eigenvalue weighted by molar-refractivity contribution is -0.121. The highest BCUT2D eigenvalue weighted by molar-refractivity contribution is 5.98. The molecule has 0 heterocycles. The monoisotopic (exact) mass is 263 g/mol. The second-order valence-electron chi connectivity index (χ2n) is 4.98. The molecular weight excluding hydrogens is 242 g/mol. The van der Waals surface area contributed by atoms with Gasteiger partial charge >= 0.3 is 0 Å². The summed E-state index contributed by atoms with van der Waals surface area (Å²) in [5.74, 6) is 0.646. The molecule has 0 saturated heterocycles. The Morgan fingerprint density at radius 3 is 2.47 bits per heavy atom. The Kier molecular flexibility index (Phi) is 4.39. The molecule has 1 aromatic carbocycles. The van der Waals surface area contributed by atoms with Gasteiger partial charge in [-0.05, 0) is 37.1 Å². The number of benzene rings is 1. The molecule has 1 fully saturated rings. The van der Waals surface area contributed by atoms with Crippen LogP contribution >= 0.6 is 0 Å². The Hall–Kier alpha value is -1.59. The molecule has 0 radical (unpaired) electrons. The van der Waals surface area contributed by atoms with E-state index in [9.17, 15) is 4.79 Å². The number of nitrogens with one attached hydrogen (secondary N) is 1. The van der Waals surface area contributed by atoms with E-state index in [2.05, 4.69) is 5.32 Å². The van der Waals surface area contributed by atoms with Gasteiger partial charge in [0, 0.05) is 12.2 Å². The normalized spacial score (nSPS) is 17.2. The van der Waals surface area contributed by atoms with Crippen LogP contribution in [0, 0.1) is 0 Å². The van der Waals surface area contributed by atoms with E-state index in [1.165, 1.54) is 0 Å². The first kappa shape index (κ1) is 13.8. The molecule has 0 bridgehead atoms. The third-order valence-corrected chi connectivity index (χ3v) is 3.45. The number of carbonyl (C=O) groups is 1. The number of rotatable bonds is 5. The number of nitrogens with two attached hydrogens (primary N) is 2. The molecule has 19 heavy (non-hydrogen) atoms. The number of ether oxygens (including phenoxy) is 1. The fourth-order valence-electron chi connectivity index (χ4n) is 2.30. The number of carbonyl (C=O) groups excluding carboxylic acids is 1. The minimum Gasteiger partial charge on any atom is -0.492 e. The van der Waals surface area contributed by atoms with E-state index in [4.69, 9.17) is 16.2 Å². The van der Waals surface area contributed by atoms with Crippen molar-refractivity contribution in [3.05, 3.63) is 24.3 Å². The lowest BCUT2D eigenvalue weighted by atomic mass is 9.98. The molecular formula is C14H21N3O2. The summed E-state index contributed by atoms with van der Waals surface area (Å²) in [6.07, 6.45) is 3.57. The summed E-state index contributed by atoms with van der Waals surface area (Å²) >= 11 is 0. The van der Waals surface area contributed by atoms with Gasteiger partial charge in [0.2, 0.25) is 5.91 Å². The summed E-state index contributed by atoms with van der Waals surface area (Å²) in [7, 11) is 0. The molecule has 0 unspecified atom stereocenters. The van der Waals surface area contributed by atoms with Gasteiger partial charge in [0.1, 0.15) is 12.4 Å². The number of hydrogen-bond acceptors (Lipinski definition) is 4. The minimum absolute atomic E-state index is 0.0966. The van der Waals surface area contributed by atoms with E-state index in [-0.39, 0.29) is 5.91 Å². The molecule has 0 atom stereocenters. The zero-order chi connectivity index (χ0) is 13.7. The van der Waals surface area contributed by atoms with Crippen molar-refractivity contribution in [2.45, 2.75) is 31.2 Å². The third kappa shape index (κ3) is 3.45. The second kappa shape index (κ2) is 6.04. The summed E-state index contributed by atoms with van der Waals surface area (Å²) in [5, 5.41) is 2.86. The van der Waals surface area contributed by atoms with Crippen molar-refractivity contribution in [2.75, 3.05) is 18.5 Å². The van der Waals surface area contributed by atoms with Crippen LogP contribution in [0.4, 0.5) is 5.69 Å². The molecule has 2 rings (SSSR count). The molecule has 5 N–H and O–H groups in total. The Bertz CT molecular complexity index is 425. The lowest BCUT2D eigenvalue weighted by Gasteiger charge is -2.22. The van der Waals surface area contributed by atoms with Crippen LogP contribution in [0.5, 0.6) is 5.75 Å². The molecule has 0 aliphatic heterocycles. The van der Waals surface area contributed by atoms with Crippen LogP contribution in [0.15, 0.2) is 24.3 Å². The van der Waals surface area contributed by atoms with Crippen molar-refractivity contribution in [1.82, 2.24) is 0 Å². The van der Waals surface area contributed by atoms with Gasteiger partial charge in [-0.1, -0.05) is 12.8 Å². The first-order valence-electron chi connectivity index (χ1n) is 6.67. The predicted octanol–water partition coefficient (Wildman–Crippen LogP) is 1.23. The first-order valence-corrected chi connectivity index (χ1v) is 6.67. The van der Waals surface area contributed by atoms with E-state index in [0.29, 0.717) is 13.2 Å². The van der Waals surface area contributed by atoms with Crippen LogP contribution in [0.3, 0.4) is 0 Å². The fraction of sp³-hybridized carbons (Fsp3) is 0.500. The molecule has 0 aromatic heterocycles. The van der Waals surface area contributed by atoms with Crippen molar-refractivity contribution in [1.29, 1.82) is 0 Å². The van der Waals surface area contributed by atoms with E-state index in [0.717, 1.165) is 37.1 Å². The van der Waals surface area contributed by atoms with E-state index in [1.807, 2.05) is 24.3 Å². The second-order valence-corrected chi connectivity index (χ2v) is 4.98. The van der Waals surface area contributed by atoms with Crippen molar-refractivity contribution in [3.63, 3.8) is 0 Å². The molecule has 1 aromatic rings. The maximum Gasteiger partial charge on any atom is 0.244 e. The topological polar surface area (TPSA) is 90.4 Å². The summed E-state index contributed by atoms with van der Waals surface area (Å²) in [6.45, 7) is 0.964. The third-order valence-electron chi connectivity index (χ3n) is 3.45. The van der Waals surface area contributed by atoms with Gasteiger partial charge < -0.3 is 21.5 Å². The molecule has 5 heteroatoms. The van der Waals surface area contributed by atoms with Crippen molar-refractivity contribution in [2.24, 2.45) is 11.5 Å². The zero-order valence-electron chi connectivity index (χ0n) is 11.0. The molecule has 1 aliphatic carbocycles. The summed E-state index contributed by atoms with van der Waals surface area (Å²) in [4.78, 5) is 12.1. The Balaban J connectivity index is 1.93. The maximum absolute atomic E-state index is 12.1. The standard InChI is InChI=1S/C14H21N3O2/c15-9-10-19-12-5-3-11(4-6-12)17-13(18)14(16)7-1-2-8-14/h3-6H,1-2,7-10,15-16H2,(H,17,18). The molecule has 1 aliphatic rings.